The zero-order chi connectivity index (χ0) is 20.2. The van der Waals surface area contributed by atoms with Crippen LogP contribution in [0.3, 0.4) is 0 Å². The molecule has 2 heterocycles. The lowest BCUT2D eigenvalue weighted by atomic mass is 10.1. The van der Waals surface area contributed by atoms with E-state index < -0.39 is 33.8 Å². The Morgan fingerprint density at radius 1 is 1.37 bits per heavy atom. The van der Waals surface area contributed by atoms with E-state index in [0.717, 1.165) is 16.8 Å². The molecule has 1 atom stereocenters. The van der Waals surface area contributed by atoms with Crippen LogP contribution in [0.4, 0.5) is 0 Å². The third-order valence-electron chi connectivity index (χ3n) is 3.96. The first-order valence-electron chi connectivity index (χ1n) is 8.29. The Balaban J connectivity index is 2.35. The largest absolute Gasteiger partial charge is 0.307 e. The van der Waals surface area contributed by atoms with Crippen molar-refractivity contribution >= 4 is 27.1 Å². The van der Waals surface area contributed by atoms with Gasteiger partial charge in [0, 0.05) is 36.4 Å². The van der Waals surface area contributed by atoms with Gasteiger partial charge in [-0.1, -0.05) is 13.8 Å². The van der Waals surface area contributed by atoms with Gasteiger partial charge in [-0.25, -0.2) is 13.4 Å². The quantitative estimate of drug-likeness (QED) is 0.654. The number of hydrogen-bond acceptors (Lipinski definition) is 7. The molecular formula is C17H20N4O4S2. The van der Waals surface area contributed by atoms with Gasteiger partial charge in [-0.3, -0.25) is 9.59 Å². The standard InChI is InChI=1S/C17H20N4O4S2/c1-4-21(5-2)27(24,25)13-6-7-16(23)20(9-13)10-15(22)14(8-18)17-19-12(3)11-26-17/h6-7,9,11,14H,4-5,10H2,1-3H3/t14-/m0/s1. The average Bonchev–Trinajstić information content (AvgIpc) is 3.04. The van der Waals surface area contributed by atoms with Crippen molar-refractivity contribution in [1.82, 2.24) is 13.9 Å². The Labute approximate surface area is 161 Å². The second-order valence-corrected chi connectivity index (χ2v) is 8.60. The maximum Gasteiger partial charge on any atom is 0.250 e. The summed E-state index contributed by atoms with van der Waals surface area (Å²) >= 11 is 1.20. The smallest absolute Gasteiger partial charge is 0.250 e. The molecule has 0 N–H and O–H groups in total. The number of Topliss-reactive ketones (excluding diaryl/α,β-unsaturated/α-hetero) is 1. The molecule has 0 aliphatic heterocycles. The predicted molar refractivity (Wildman–Crippen MR) is 101 cm³/mol. The summed E-state index contributed by atoms with van der Waals surface area (Å²) < 4.78 is 27.5. The molecule has 0 saturated heterocycles. The average molecular weight is 409 g/mol. The van der Waals surface area contributed by atoms with Crippen LogP contribution in [0.2, 0.25) is 0 Å². The number of rotatable bonds is 8. The highest BCUT2D eigenvalue weighted by Gasteiger charge is 2.26. The van der Waals surface area contributed by atoms with Gasteiger partial charge in [0.15, 0.2) is 11.7 Å². The number of thiazole rings is 1. The summed E-state index contributed by atoms with van der Waals surface area (Å²) in [5.41, 5.74) is 0.182. The molecular weight excluding hydrogens is 388 g/mol. The summed E-state index contributed by atoms with van der Waals surface area (Å²) in [6.45, 7) is 5.36. The molecule has 8 nitrogen and oxygen atoms in total. The first-order chi connectivity index (χ1) is 12.7. The first-order valence-corrected chi connectivity index (χ1v) is 10.6. The fraction of sp³-hybridized carbons (Fsp3) is 0.412. The van der Waals surface area contributed by atoms with E-state index in [-0.39, 0.29) is 18.0 Å². The predicted octanol–water partition coefficient (Wildman–Crippen LogP) is 1.52. The number of ketones is 1. The van der Waals surface area contributed by atoms with Gasteiger partial charge in [-0.05, 0) is 13.0 Å². The summed E-state index contributed by atoms with van der Waals surface area (Å²) in [5, 5.41) is 11.4. The molecule has 0 radical (unpaired) electrons. The zero-order valence-electron chi connectivity index (χ0n) is 15.2. The van der Waals surface area contributed by atoms with E-state index in [2.05, 4.69) is 4.98 Å². The van der Waals surface area contributed by atoms with Crippen LogP contribution in [-0.2, 0) is 21.4 Å². The lowest BCUT2D eigenvalue weighted by Gasteiger charge is -2.19. The van der Waals surface area contributed by atoms with Crippen LogP contribution in [0.25, 0.3) is 0 Å². The third kappa shape index (κ3) is 4.50. The summed E-state index contributed by atoms with van der Waals surface area (Å²) in [4.78, 5) is 28.7. The van der Waals surface area contributed by atoms with Gasteiger partial charge >= 0.3 is 0 Å². The molecule has 2 aromatic heterocycles. The van der Waals surface area contributed by atoms with Crippen molar-refractivity contribution in [3.63, 3.8) is 0 Å². The highest BCUT2D eigenvalue weighted by Crippen LogP contribution is 2.21. The van der Waals surface area contributed by atoms with Gasteiger partial charge in [0.05, 0.1) is 17.5 Å². The molecule has 0 saturated carbocycles. The van der Waals surface area contributed by atoms with Crippen molar-refractivity contribution in [3.05, 3.63) is 44.8 Å². The number of carbonyl (C=O) groups excluding carboxylic acids is 1. The van der Waals surface area contributed by atoms with E-state index in [1.54, 1.807) is 26.2 Å². The molecule has 0 fully saturated rings. The van der Waals surface area contributed by atoms with Gasteiger partial charge < -0.3 is 4.57 Å². The van der Waals surface area contributed by atoms with Crippen LogP contribution in [0, 0.1) is 18.3 Å². The highest BCUT2D eigenvalue weighted by molar-refractivity contribution is 7.89. The molecule has 2 aromatic rings. The number of nitrogens with zero attached hydrogens (tertiary/aromatic N) is 4. The SMILES string of the molecule is CCN(CC)S(=O)(=O)c1ccc(=O)n(CC(=O)[C@H](C#N)c2nc(C)cs2)c1. The molecule has 0 aromatic carbocycles. The summed E-state index contributed by atoms with van der Waals surface area (Å²) in [5.74, 6) is -1.62. The molecule has 0 aliphatic rings. The first kappa shape index (κ1) is 21.0. The van der Waals surface area contributed by atoms with Gasteiger partial charge in [0.25, 0.3) is 5.56 Å². The Morgan fingerprint density at radius 2 is 2.04 bits per heavy atom. The van der Waals surface area contributed by atoms with Crippen LogP contribution in [0.5, 0.6) is 0 Å². The highest BCUT2D eigenvalue weighted by atomic mass is 32.2. The Hall–Kier alpha value is -2.35. The zero-order valence-corrected chi connectivity index (χ0v) is 16.9. The third-order valence-corrected chi connectivity index (χ3v) is 7.02. The Kier molecular flexibility index (Phi) is 6.64. The molecule has 27 heavy (non-hydrogen) atoms. The van der Waals surface area contributed by atoms with Crippen LogP contribution in [0.15, 0.2) is 33.4 Å². The van der Waals surface area contributed by atoms with Crippen LogP contribution >= 0.6 is 11.3 Å². The maximum absolute atomic E-state index is 12.6. The van der Waals surface area contributed by atoms with Crippen molar-refractivity contribution < 1.29 is 13.2 Å². The van der Waals surface area contributed by atoms with Crippen molar-refractivity contribution in [1.29, 1.82) is 5.26 Å². The van der Waals surface area contributed by atoms with E-state index in [1.807, 2.05) is 6.07 Å². The molecule has 0 spiro atoms. The second kappa shape index (κ2) is 8.56. The number of pyridine rings is 1. The lowest BCUT2D eigenvalue weighted by Crippen LogP contribution is -2.32. The van der Waals surface area contributed by atoms with Gasteiger partial charge in [0.2, 0.25) is 10.0 Å². The van der Waals surface area contributed by atoms with Crippen LogP contribution < -0.4 is 5.56 Å². The van der Waals surface area contributed by atoms with E-state index in [4.69, 9.17) is 0 Å². The number of aryl methyl sites for hydroxylation is 1. The maximum atomic E-state index is 12.6. The lowest BCUT2D eigenvalue weighted by molar-refractivity contribution is -0.120. The van der Waals surface area contributed by atoms with Gasteiger partial charge in [0.1, 0.15) is 5.01 Å². The second-order valence-electron chi connectivity index (χ2n) is 5.78. The molecule has 0 bridgehead atoms. The van der Waals surface area contributed by atoms with Crippen molar-refractivity contribution in [2.45, 2.75) is 38.1 Å². The van der Waals surface area contributed by atoms with E-state index in [9.17, 15) is 23.3 Å². The van der Waals surface area contributed by atoms with E-state index in [1.165, 1.54) is 21.7 Å². The normalized spacial score (nSPS) is 12.7. The molecule has 144 valence electrons. The number of nitriles is 1. The summed E-state index contributed by atoms with van der Waals surface area (Å²) in [6.07, 6.45) is 1.15. The minimum absolute atomic E-state index is 0.0720. The molecule has 0 aliphatic carbocycles. The van der Waals surface area contributed by atoms with Gasteiger partial charge in [-0.15, -0.1) is 11.3 Å². The van der Waals surface area contributed by atoms with Crippen LogP contribution in [0.1, 0.15) is 30.5 Å². The minimum atomic E-state index is -3.76. The number of aromatic nitrogens is 2. The molecule has 0 unspecified atom stereocenters. The molecule has 10 heteroatoms. The van der Waals surface area contributed by atoms with Crippen molar-refractivity contribution in [3.8, 4) is 6.07 Å². The topological polar surface area (TPSA) is 113 Å². The van der Waals surface area contributed by atoms with Gasteiger partial charge in [-0.2, -0.15) is 9.57 Å². The monoisotopic (exact) mass is 408 g/mol. The Morgan fingerprint density at radius 3 is 2.56 bits per heavy atom. The number of carbonyl (C=O) groups is 1. The number of sulfonamides is 1. The van der Waals surface area contributed by atoms with E-state index in [0.29, 0.717) is 10.7 Å². The van der Waals surface area contributed by atoms with Crippen molar-refractivity contribution in [2.24, 2.45) is 0 Å². The van der Waals surface area contributed by atoms with E-state index >= 15 is 0 Å². The minimum Gasteiger partial charge on any atom is -0.307 e. The fourth-order valence-electron chi connectivity index (χ4n) is 2.53. The number of hydrogen-bond donors (Lipinski definition) is 0. The van der Waals surface area contributed by atoms with Crippen molar-refractivity contribution in [2.75, 3.05) is 13.1 Å². The summed E-state index contributed by atoms with van der Waals surface area (Å²) in [6, 6.07) is 4.24. The summed E-state index contributed by atoms with van der Waals surface area (Å²) in [7, 11) is -3.76. The molecule has 2 rings (SSSR count). The van der Waals surface area contributed by atoms with Crippen LogP contribution in [-0.4, -0.2) is 41.1 Å². The molecule has 0 amide bonds. The Bertz CT molecular complexity index is 1030. The fourth-order valence-corrected chi connectivity index (χ4v) is 4.87.